The van der Waals surface area contributed by atoms with Crippen molar-refractivity contribution in [2.75, 3.05) is 0 Å². The molecule has 2 aromatic rings. The van der Waals surface area contributed by atoms with Crippen LogP contribution in [0.25, 0.3) is 11.0 Å². The molecule has 1 aromatic carbocycles. The summed E-state index contributed by atoms with van der Waals surface area (Å²) in [6, 6.07) is 7.26. The largest absolute Gasteiger partial charge is 0.459 e. The standard InChI is InChI=1S/C10H5BrClNO/c11-4-9-10(12)7-3-6(5-13)1-2-8(7)14-9/h1-3H,4H2. The van der Waals surface area contributed by atoms with Crippen molar-refractivity contribution in [1.29, 1.82) is 5.26 Å². The Morgan fingerprint density at radius 3 is 2.93 bits per heavy atom. The Balaban J connectivity index is 2.75. The molecule has 0 radical (unpaired) electrons. The Kier molecular flexibility index (Phi) is 2.49. The maximum atomic E-state index is 8.72. The van der Waals surface area contributed by atoms with Gasteiger partial charge in [0.25, 0.3) is 0 Å². The molecule has 2 rings (SSSR count). The monoisotopic (exact) mass is 269 g/mol. The molecule has 14 heavy (non-hydrogen) atoms. The van der Waals surface area contributed by atoms with Gasteiger partial charge in [0.15, 0.2) is 0 Å². The number of fused-ring (bicyclic) bond motifs is 1. The zero-order valence-electron chi connectivity index (χ0n) is 7.05. The van der Waals surface area contributed by atoms with Crippen LogP contribution in [-0.4, -0.2) is 0 Å². The van der Waals surface area contributed by atoms with Crippen LogP contribution in [-0.2, 0) is 5.33 Å². The minimum atomic E-state index is 0.572. The lowest BCUT2D eigenvalue weighted by molar-refractivity contribution is 0.575. The maximum absolute atomic E-state index is 8.72. The van der Waals surface area contributed by atoms with E-state index in [1.165, 1.54) is 0 Å². The molecule has 0 atom stereocenters. The van der Waals surface area contributed by atoms with Gasteiger partial charge in [0.1, 0.15) is 11.3 Å². The second kappa shape index (κ2) is 3.64. The normalized spacial score (nSPS) is 10.4. The van der Waals surface area contributed by atoms with E-state index in [1.54, 1.807) is 18.2 Å². The highest BCUT2D eigenvalue weighted by molar-refractivity contribution is 9.08. The lowest BCUT2D eigenvalue weighted by Gasteiger charge is -1.88. The molecule has 0 aliphatic carbocycles. The van der Waals surface area contributed by atoms with Crippen LogP contribution in [0.1, 0.15) is 11.3 Å². The molecule has 1 heterocycles. The van der Waals surface area contributed by atoms with Gasteiger partial charge in [0.05, 0.1) is 22.0 Å². The molecule has 0 fully saturated rings. The second-order valence-electron chi connectivity index (χ2n) is 2.80. The molecule has 2 nitrogen and oxygen atoms in total. The predicted molar refractivity (Wildman–Crippen MR) is 58.6 cm³/mol. The minimum Gasteiger partial charge on any atom is -0.459 e. The molecule has 4 heteroatoms. The SMILES string of the molecule is N#Cc1ccc2oc(CBr)c(Cl)c2c1. The molecule has 1 aromatic heterocycles. The third-order valence-electron chi connectivity index (χ3n) is 1.94. The number of halogens is 2. The Labute approximate surface area is 94.2 Å². The molecule has 0 unspecified atom stereocenters. The molecule has 0 saturated heterocycles. The number of hydrogen-bond donors (Lipinski definition) is 0. The number of furan rings is 1. The molecule has 0 N–H and O–H groups in total. The Morgan fingerprint density at radius 1 is 1.50 bits per heavy atom. The number of hydrogen-bond acceptors (Lipinski definition) is 2. The summed E-state index contributed by atoms with van der Waals surface area (Å²) in [4.78, 5) is 0. The van der Waals surface area contributed by atoms with Crippen molar-refractivity contribution in [2.45, 2.75) is 5.33 Å². The summed E-state index contributed by atoms with van der Waals surface area (Å²) in [7, 11) is 0. The summed E-state index contributed by atoms with van der Waals surface area (Å²) in [6.45, 7) is 0. The van der Waals surface area contributed by atoms with Gasteiger partial charge < -0.3 is 4.42 Å². The van der Waals surface area contributed by atoms with E-state index in [-0.39, 0.29) is 0 Å². The summed E-state index contributed by atoms with van der Waals surface area (Å²) in [5.74, 6) is 0.691. The third kappa shape index (κ3) is 1.41. The van der Waals surface area contributed by atoms with E-state index >= 15 is 0 Å². The molecular formula is C10H5BrClNO. The molecule has 0 aliphatic heterocycles. The van der Waals surface area contributed by atoms with E-state index in [9.17, 15) is 0 Å². The predicted octanol–water partition coefficient (Wildman–Crippen LogP) is 3.85. The van der Waals surface area contributed by atoms with Crippen LogP contribution >= 0.6 is 27.5 Å². The van der Waals surface area contributed by atoms with Crippen molar-refractivity contribution in [2.24, 2.45) is 0 Å². The summed E-state index contributed by atoms with van der Waals surface area (Å²) < 4.78 is 5.46. The Hall–Kier alpha value is -0.980. The quantitative estimate of drug-likeness (QED) is 0.738. The van der Waals surface area contributed by atoms with Gasteiger partial charge in [-0.15, -0.1) is 0 Å². The highest BCUT2D eigenvalue weighted by Gasteiger charge is 2.11. The number of benzene rings is 1. The van der Waals surface area contributed by atoms with E-state index in [0.717, 1.165) is 5.39 Å². The van der Waals surface area contributed by atoms with Crippen molar-refractivity contribution in [1.82, 2.24) is 0 Å². The lowest BCUT2D eigenvalue weighted by atomic mass is 10.2. The van der Waals surface area contributed by atoms with E-state index in [1.807, 2.05) is 0 Å². The Bertz CT molecular complexity index is 527. The first-order valence-corrected chi connectivity index (χ1v) is 5.43. The number of nitriles is 1. The molecule has 0 aliphatic rings. The fourth-order valence-corrected chi connectivity index (χ4v) is 2.08. The van der Waals surface area contributed by atoms with E-state index in [2.05, 4.69) is 22.0 Å². The van der Waals surface area contributed by atoms with Gasteiger partial charge in [-0.3, -0.25) is 0 Å². The third-order valence-corrected chi connectivity index (χ3v) is 2.87. The van der Waals surface area contributed by atoms with Crippen LogP contribution in [0.2, 0.25) is 5.02 Å². The number of alkyl halides is 1. The lowest BCUT2D eigenvalue weighted by Crippen LogP contribution is -1.72. The van der Waals surface area contributed by atoms with Crippen molar-refractivity contribution in [3.05, 3.63) is 34.5 Å². The smallest absolute Gasteiger partial charge is 0.135 e. The topological polar surface area (TPSA) is 36.9 Å². The first kappa shape index (κ1) is 9.57. The molecule has 0 bridgehead atoms. The fourth-order valence-electron chi connectivity index (χ4n) is 1.27. The summed E-state index contributed by atoms with van der Waals surface area (Å²) >= 11 is 9.33. The summed E-state index contributed by atoms with van der Waals surface area (Å²) in [6.07, 6.45) is 0. The second-order valence-corrected chi connectivity index (χ2v) is 3.73. The fraction of sp³-hybridized carbons (Fsp3) is 0.100. The average Bonchev–Trinajstić information content (AvgIpc) is 2.55. The first-order valence-electron chi connectivity index (χ1n) is 3.93. The average molecular weight is 271 g/mol. The van der Waals surface area contributed by atoms with Gasteiger partial charge in [-0.05, 0) is 18.2 Å². The highest BCUT2D eigenvalue weighted by atomic mass is 79.9. The van der Waals surface area contributed by atoms with Crippen LogP contribution in [0.5, 0.6) is 0 Å². The van der Waals surface area contributed by atoms with Crippen molar-refractivity contribution < 1.29 is 4.42 Å². The van der Waals surface area contributed by atoms with Gasteiger partial charge in [-0.1, -0.05) is 27.5 Å². The zero-order valence-corrected chi connectivity index (χ0v) is 9.39. The van der Waals surface area contributed by atoms with Crippen LogP contribution in [0, 0.1) is 11.3 Å². The van der Waals surface area contributed by atoms with Gasteiger partial charge in [-0.2, -0.15) is 5.26 Å². The maximum Gasteiger partial charge on any atom is 0.135 e. The van der Waals surface area contributed by atoms with Gasteiger partial charge in [-0.25, -0.2) is 0 Å². The minimum absolute atomic E-state index is 0.572. The van der Waals surface area contributed by atoms with E-state index in [4.69, 9.17) is 21.3 Å². The van der Waals surface area contributed by atoms with Crippen LogP contribution < -0.4 is 0 Å². The summed E-state index contributed by atoms with van der Waals surface area (Å²) in [5.41, 5.74) is 1.30. The van der Waals surface area contributed by atoms with Crippen molar-refractivity contribution in [3.8, 4) is 6.07 Å². The molecule has 0 amide bonds. The Morgan fingerprint density at radius 2 is 2.29 bits per heavy atom. The molecule has 0 spiro atoms. The van der Waals surface area contributed by atoms with Gasteiger partial charge >= 0.3 is 0 Å². The van der Waals surface area contributed by atoms with Crippen molar-refractivity contribution >= 4 is 38.5 Å². The molecular weight excluding hydrogens is 265 g/mol. The van der Waals surface area contributed by atoms with Crippen LogP contribution in [0.3, 0.4) is 0 Å². The van der Waals surface area contributed by atoms with Gasteiger partial charge in [0, 0.05) is 5.39 Å². The van der Waals surface area contributed by atoms with Crippen LogP contribution in [0.4, 0.5) is 0 Å². The van der Waals surface area contributed by atoms with Gasteiger partial charge in [0.2, 0.25) is 0 Å². The van der Waals surface area contributed by atoms with E-state index in [0.29, 0.717) is 27.3 Å². The van der Waals surface area contributed by atoms with Crippen molar-refractivity contribution in [3.63, 3.8) is 0 Å². The highest BCUT2D eigenvalue weighted by Crippen LogP contribution is 2.32. The number of rotatable bonds is 1. The molecule has 0 saturated carbocycles. The summed E-state index contributed by atoms with van der Waals surface area (Å²) in [5, 5.41) is 10.7. The first-order chi connectivity index (χ1) is 6.76. The van der Waals surface area contributed by atoms with Crippen LogP contribution in [0.15, 0.2) is 22.6 Å². The van der Waals surface area contributed by atoms with E-state index < -0.39 is 0 Å². The molecule has 70 valence electrons. The zero-order chi connectivity index (χ0) is 10.1. The number of nitrogens with zero attached hydrogens (tertiary/aromatic N) is 1.